The Labute approximate surface area is 231 Å². The minimum absolute atomic E-state index is 0.140. The minimum atomic E-state index is -0.948. The number of carbonyl (C=O) groups is 1. The van der Waals surface area contributed by atoms with Crippen LogP contribution in [0.3, 0.4) is 0 Å². The average molecular weight is 535 g/mol. The number of piperidine rings is 1. The number of aliphatic hydroxyl groups excluding tert-OH is 1. The summed E-state index contributed by atoms with van der Waals surface area (Å²) in [6.07, 6.45) is 8.66. The summed E-state index contributed by atoms with van der Waals surface area (Å²) in [5.74, 6) is 2.36. The van der Waals surface area contributed by atoms with Crippen LogP contribution in [0.2, 0.25) is 0 Å². The summed E-state index contributed by atoms with van der Waals surface area (Å²) in [5, 5.41) is 21.5. The number of aliphatic imine (C=N–C) groups is 1. The van der Waals surface area contributed by atoms with E-state index in [1.54, 1.807) is 4.90 Å². The maximum Gasteiger partial charge on any atom is 0.326 e. The predicted molar refractivity (Wildman–Crippen MR) is 148 cm³/mol. The van der Waals surface area contributed by atoms with E-state index in [-0.39, 0.29) is 12.1 Å². The fraction of sp³-hybridized carbons (Fsp3) is 0.742. The number of carboxylic acid groups (broad SMARTS) is 1. The van der Waals surface area contributed by atoms with Crippen molar-refractivity contribution in [1.82, 2.24) is 9.80 Å². The fourth-order valence-electron chi connectivity index (χ4n) is 10.2. The Kier molecular flexibility index (Phi) is 5.47. The van der Waals surface area contributed by atoms with Crippen LogP contribution in [0, 0.1) is 23.2 Å². The van der Waals surface area contributed by atoms with Crippen LogP contribution in [0.4, 0.5) is 11.4 Å². The molecule has 3 saturated carbocycles. The summed E-state index contributed by atoms with van der Waals surface area (Å²) in [5.41, 5.74) is 2.36. The van der Waals surface area contributed by atoms with Crippen molar-refractivity contribution in [2.75, 3.05) is 18.1 Å². The summed E-state index contributed by atoms with van der Waals surface area (Å²) in [6, 6.07) is 8.85. The number of rotatable bonds is 3. The Hall–Kier alpha value is -2.16. The number of aliphatic hydroxyl groups is 1. The van der Waals surface area contributed by atoms with Gasteiger partial charge in [-0.25, -0.2) is 9.79 Å². The van der Waals surface area contributed by atoms with E-state index in [4.69, 9.17) is 9.73 Å². The van der Waals surface area contributed by atoms with Crippen LogP contribution in [0.1, 0.15) is 65.2 Å². The Morgan fingerprint density at radius 3 is 2.67 bits per heavy atom. The van der Waals surface area contributed by atoms with Gasteiger partial charge in [-0.2, -0.15) is 0 Å². The van der Waals surface area contributed by atoms with Gasteiger partial charge in [0.15, 0.2) is 12.1 Å². The van der Waals surface area contributed by atoms with Crippen molar-refractivity contribution >= 4 is 23.2 Å². The monoisotopic (exact) mass is 534 g/mol. The zero-order valence-electron chi connectivity index (χ0n) is 23.2. The van der Waals surface area contributed by atoms with E-state index in [0.29, 0.717) is 42.3 Å². The van der Waals surface area contributed by atoms with Gasteiger partial charge in [0.05, 0.1) is 24.1 Å². The molecule has 3 aliphatic carbocycles. The lowest BCUT2D eigenvalue weighted by Gasteiger charge is -2.59. The van der Waals surface area contributed by atoms with Crippen molar-refractivity contribution in [3.63, 3.8) is 0 Å². The highest BCUT2D eigenvalue weighted by atomic mass is 16.5. The van der Waals surface area contributed by atoms with E-state index >= 15 is 0 Å². The molecule has 7 aliphatic rings. The van der Waals surface area contributed by atoms with Crippen LogP contribution in [0.15, 0.2) is 29.3 Å². The molecule has 8 heteroatoms. The molecule has 2 N–H and O–H groups in total. The molecule has 0 radical (unpaired) electrons. The van der Waals surface area contributed by atoms with Gasteiger partial charge in [0, 0.05) is 30.7 Å². The topological polar surface area (TPSA) is 88.8 Å². The van der Waals surface area contributed by atoms with Crippen molar-refractivity contribution < 1.29 is 19.7 Å². The first-order valence-corrected chi connectivity index (χ1v) is 15.3. The van der Waals surface area contributed by atoms with Gasteiger partial charge in [-0.1, -0.05) is 19.1 Å². The summed E-state index contributed by atoms with van der Waals surface area (Å²) >= 11 is 0. The zero-order valence-corrected chi connectivity index (χ0v) is 23.2. The molecule has 1 aromatic carbocycles. The third-order valence-corrected chi connectivity index (χ3v) is 12.2. The zero-order chi connectivity index (χ0) is 26.6. The van der Waals surface area contributed by atoms with Crippen LogP contribution < -0.4 is 4.90 Å². The highest BCUT2D eigenvalue weighted by Crippen LogP contribution is 2.67. The highest BCUT2D eigenvalue weighted by Gasteiger charge is 2.60. The number of morpholine rings is 1. The standard InChI is InChI=1S/C31H42N4O4/c1-17-27-14-22(13-23(16-39-17)34(27)21-10-18-9-19-11-20(12-21)31(19,2)15-18)35-25-6-4-3-5-24(25)32-28(29(35)36)33-8-7-26(33)30(37)38/h3-6,17-23,26-27,29,36H,7-16H2,1-2H3,(H,37,38). The van der Waals surface area contributed by atoms with E-state index in [2.05, 4.69) is 29.7 Å². The number of likely N-dealkylation sites (tertiary alicyclic amines) is 1. The van der Waals surface area contributed by atoms with Crippen molar-refractivity contribution in [3.05, 3.63) is 24.3 Å². The molecular formula is C31H42N4O4. The lowest BCUT2D eigenvalue weighted by atomic mass is 9.54. The summed E-state index contributed by atoms with van der Waals surface area (Å²) in [4.78, 5) is 23.5. The van der Waals surface area contributed by atoms with Crippen molar-refractivity contribution in [3.8, 4) is 0 Å². The number of anilines is 1. The van der Waals surface area contributed by atoms with Crippen LogP contribution in [0.25, 0.3) is 0 Å². The second kappa shape index (κ2) is 8.67. The summed E-state index contributed by atoms with van der Waals surface area (Å²) < 4.78 is 6.35. The first kappa shape index (κ1) is 24.6. The minimum Gasteiger partial charge on any atom is -0.480 e. The third kappa shape index (κ3) is 3.53. The fourth-order valence-corrected chi connectivity index (χ4v) is 10.2. The molecule has 0 spiro atoms. The molecule has 11 unspecified atom stereocenters. The molecule has 8 rings (SSSR count). The maximum atomic E-state index is 11.8. The number of hydrogen-bond donors (Lipinski definition) is 2. The SMILES string of the molecule is CC1OCC2CC(N3c4ccccc4N=C(N4CCC4C(=O)O)C3O)CC1N2C1CC2CC3CC(C1)C3(C)C2. The maximum absolute atomic E-state index is 11.8. The van der Waals surface area contributed by atoms with E-state index in [9.17, 15) is 15.0 Å². The molecule has 6 fully saturated rings. The van der Waals surface area contributed by atoms with Gasteiger partial charge in [0.25, 0.3) is 0 Å². The van der Waals surface area contributed by atoms with E-state index in [1.165, 1.54) is 32.1 Å². The van der Waals surface area contributed by atoms with Gasteiger partial charge in [0.1, 0.15) is 6.04 Å². The van der Waals surface area contributed by atoms with Crippen LogP contribution in [-0.4, -0.2) is 87.5 Å². The number of nitrogens with zero attached hydrogens (tertiary/aromatic N) is 4. The average Bonchev–Trinajstić information content (AvgIpc) is 3.05. The quantitative estimate of drug-likeness (QED) is 0.609. The van der Waals surface area contributed by atoms with E-state index in [0.717, 1.165) is 48.6 Å². The number of benzene rings is 1. The molecule has 11 atom stereocenters. The molecule has 4 bridgehead atoms. The normalized spacial score (nSPS) is 46.5. The molecule has 8 nitrogen and oxygen atoms in total. The van der Waals surface area contributed by atoms with Crippen LogP contribution >= 0.6 is 0 Å². The Balaban J connectivity index is 1.09. The molecule has 4 aliphatic heterocycles. The first-order valence-electron chi connectivity index (χ1n) is 15.3. The summed E-state index contributed by atoms with van der Waals surface area (Å²) in [7, 11) is 0. The highest BCUT2D eigenvalue weighted by molar-refractivity contribution is 5.99. The molecule has 210 valence electrons. The van der Waals surface area contributed by atoms with E-state index < -0.39 is 18.2 Å². The van der Waals surface area contributed by atoms with Crippen LogP contribution in [0.5, 0.6) is 0 Å². The second-order valence-corrected chi connectivity index (χ2v) is 14.0. The van der Waals surface area contributed by atoms with Crippen molar-refractivity contribution in [2.24, 2.45) is 28.2 Å². The Bertz CT molecular complexity index is 1210. The first-order chi connectivity index (χ1) is 18.8. The van der Waals surface area contributed by atoms with Crippen LogP contribution in [-0.2, 0) is 9.53 Å². The number of hydrogen-bond acceptors (Lipinski definition) is 7. The van der Waals surface area contributed by atoms with Gasteiger partial charge < -0.3 is 24.7 Å². The van der Waals surface area contributed by atoms with Crippen molar-refractivity contribution in [2.45, 2.75) is 108 Å². The Morgan fingerprint density at radius 2 is 1.87 bits per heavy atom. The molecule has 0 amide bonds. The Morgan fingerprint density at radius 1 is 1.05 bits per heavy atom. The number of carboxylic acids is 1. The molecule has 0 aromatic heterocycles. The molecule has 3 saturated heterocycles. The molecular weight excluding hydrogens is 492 g/mol. The molecule has 1 aromatic rings. The molecule has 39 heavy (non-hydrogen) atoms. The third-order valence-electron chi connectivity index (χ3n) is 12.2. The smallest absolute Gasteiger partial charge is 0.326 e. The number of ether oxygens (including phenoxy) is 1. The number of fused-ring (bicyclic) bond motifs is 4. The lowest BCUT2D eigenvalue weighted by Crippen LogP contribution is -2.68. The molecule has 4 heterocycles. The van der Waals surface area contributed by atoms with E-state index in [1.807, 2.05) is 18.2 Å². The summed E-state index contributed by atoms with van der Waals surface area (Å²) in [6.45, 7) is 6.18. The van der Waals surface area contributed by atoms with Gasteiger partial charge in [-0.15, -0.1) is 0 Å². The second-order valence-electron chi connectivity index (χ2n) is 14.0. The number of amidine groups is 1. The van der Waals surface area contributed by atoms with Gasteiger partial charge in [0.2, 0.25) is 0 Å². The van der Waals surface area contributed by atoms with Gasteiger partial charge in [-0.3, -0.25) is 4.90 Å². The number of para-hydroxylation sites is 2. The number of aliphatic carboxylic acids is 1. The van der Waals surface area contributed by atoms with Gasteiger partial charge in [-0.05, 0) is 93.6 Å². The lowest BCUT2D eigenvalue weighted by molar-refractivity contribution is -0.148. The van der Waals surface area contributed by atoms with Crippen molar-refractivity contribution in [1.29, 1.82) is 0 Å². The largest absolute Gasteiger partial charge is 0.480 e. The predicted octanol–water partition coefficient (Wildman–Crippen LogP) is 3.85. The van der Waals surface area contributed by atoms with Gasteiger partial charge >= 0.3 is 5.97 Å².